The minimum absolute atomic E-state index is 0.0112. The van der Waals surface area contributed by atoms with Gasteiger partial charge in [0.2, 0.25) is 0 Å². The molecule has 0 bridgehead atoms. The Bertz CT molecular complexity index is 406. The van der Waals surface area contributed by atoms with Crippen LogP contribution in [-0.4, -0.2) is 12.5 Å². The number of benzene rings is 1. The van der Waals surface area contributed by atoms with Crippen LogP contribution in [0.2, 0.25) is 0 Å². The molecule has 1 amide bonds. The number of hydrogen-bond donors (Lipinski definition) is 1. The fourth-order valence-electron chi connectivity index (χ4n) is 1.26. The Balaban J connectivity index is 2.67. The predicted octanol–water partition coefficient (Wildman–Crippen LogP) is 4.08. The molecule has 0 spiro atoms. The van der Waals surface area contributed by atoms with E-state index in [-0.39, 0.29) is 5.91 Å². The molecule has 1 N–H and O–H groups in total. The summed E-state index contributed by atoms with van der Waals surface area (Å²) in [6.07, 6.45) is 0. The van der Waals surface area contributed by atoms with Gasteiger partial charge >= 0.3 is 0 Å². The molecular formula is C13H17BrINO. The van der Waals surface area contributed by atoms with Gasteiger partial charge < -0.3 is 5.32 Å². The second-order valence-electron chi connectivity index (χ2n) is 4.56. The van der Waals surface area contributed by atoms with Gasteiger partial charge in [-0.2, -0.15) is 0 Å². The van der Waals surface area contributed by atoms with Gasteiger partial charge in [-0.1, -0.05) is 20.8 Å². The van der Waals surface area contributed by atoms with E-state index in [2.05, 4.69) is 64.6 Å². The highest BCUT2D eigenvalue weighted by Gasteiger charge is 2.13. The Labute approximate surface area is 125 Å². The molecule has 1 aromatic carbocycles. The van der Waals surface area contributed by atoms with Crippen LogP contribution in [0.4, 0.5) is 0 Å². The molecule has 0 aliphatic carbocycles. The molecule has 1 aromatic rings. The molecule has 0 heterocycles. The van der Waals surface area contributed by atoms with Gasteiger partial charge in [-0.05, 0) is 68.6 Å². The summed E-state index contributed by atoms with van der Waals surface area (Å²) in [6.45, 7) is 7.19. The predicted molar refractivity (Wildman–Crippen MR) is 83.2 cm³/mol. The average Bonchev–Trinajstić information content (AvgIpc) is 2.28. The molecule has 1 unspecified atom stereocenters. The summed E-state index contributed by atoms with van der Waals surface area (Å²) in [4.78, 5) is 12.0. The van der Waals surface area contributed by atoms with Crippen LogP contribution in [0.1, 0.15) is 31.1 Å². The molecule has 0 saturated carbocycles. The van der Waals surface area contributed by atoms with Crippen molar-refractivity contribution in [3.05, 3.63) is 31.8 Å². The molecule has 1 rings (SSSR count). The Morgan fingerprint density at radius 1 is 1.41 bits per heavy atom. The molecule has 2 nitrogen and oxygen atoms in total. The monoisotopic (exact) mass is 409 g/mol. The van der Waals surface area contributed by atoms with Crippen molar-refractivity contribution in [3.8, 4) is 0 Å². The van der Waals surface area contributed by atoms with E-state index in [1.54, 1.807) is 0 Å². The maximum atomic E-state index is 12.0. The van der Waals surface area contributed by atoms with Crippen molar-refractivity contribution in [2.75, 3.05) is 6.54 Å². The lowest BCUT2D eigenvalue weighted by Crippen LogP contribution is -2.30. The SMILES string of the molecule is CC(C)C(C)CNC(=O)c1cc(I)ccc1Br. The minimum Gasteiger partial charge on any atom is -0.352 e. The van der Waals surface area contributed by atoms with Crippen LogP contribution in [0.25, 0.3) is 0 Å². The fourth-order valence-corrected chi connectivity index (χ4v) is 2.17. The van der Waals surface area contributed by atoms with Crippen LogP contribution in [0.15, 0.2) is 22.7 Å². The minimum atomic E-state index is -0.0112. The summed E-state index contributed by atoms with van der Waals surface area (Å²) in [5.41, 5.74) is 0.702. The molecule has 0 aromatic heterocycles. The maximum absolute atomic E-state index is 12.0. The van der Waals surface area contributed by atoms with E-state index in [0.29, 0.717) is 23.9 Å². The van der Waals surface area contributed by atoms with Crippen molar-refractivity contribution in [2.24, 2.45) is 11.8 Å². The zero-order chi connectivity index (χ0) is 13.0. The second kappa shape index (κ2) is 6.73. The Morgan fingerprint density at radius 3 is 2.65 bits per heavy atom. The third-order valence-electron chi connectivity index (χ3n) is 2.90. The lowest BCUT2D eigenvalue weighted by atomic mass is 9.98. The Hall–Kier alpha value is -0.100. The van der Waals surface area contributed by atoms with Gasteiger partial charge in [-0.15, -0.1) is 0 Å². The number of nitrogens with one attached hydrogen (secondary N) is 1. The van der Waals surface area contributed by atoms with E-state index in [1.165, 1.54) is 0 Å². The third-order valence-corrected chi connectivity index (χ3v) is 4.26. The first-order valence-electron chi connectivity index (χ1n) is 5.65. The van der Waals surface area contributed by atoms with E-state index in [0.717, 1.165) is 8.04 Å². The van der Waals surface area contributed by atoms with Gasteiger partial charge in [0, 0.05) is 14.6 Å². The van der Waals surface area contributed by atoms with Gasteiger partial charge in [0.15, 0.2) is 0 Å². The number of carbonyl (C=O) groups is 1. The highest BCUT2D eigenvalue weighted by atomic mass is 127. The third kappa shape index (κ3) is 4.58. The quantitative estimate of drug-likeness (QED) is 0.746. The number of amides is 1. The van der Waals surface area contributed by atoms with Crippen molar-refractivity contribution in [3.63, 3.8) is 0 Å². The van der Waals surface area contributed by atoms with Crippen molar-refractivity contribution in [2.45, 2.75) is 20.8 Å². The van der Waals surface area contributed by atoms with Crippen LogP contribution in [-0.2, 0) is 0 Å². The maximum Gasteiger partial charge on any atom is 0.252 e. The Kier molecular flexibility index (Phi) is 5.92. The number of carbonyl (C=O) groups excluding carboxylic acids is 1. The number of hydrogen-bond acceptors (Lipinski definition) is 1. The van der Waals surface area contributed by atoms with Gasteiger partial charge in [0.05, 0.1) is 5.56 Å². The number of rotatable bonds is 4. The lowest BCUT2D eigenvalue weighted by molar-refractivity contribution is 0.0944. The summed E-state index contributed by atoms with van der Waals surface area (Å²) in [6, 6.07) is 5.76. The van der Waals surface area contributed by atoms with Crippen LogP contribution in [0.5, 0.6) is 0 Å². The van der Waals surface area contributed by atoms with Crippen LogP contribution in [0, 0.1) is 15.4 Å². The molecule has 0 aliphatic rings. The summed E-state index contributed by atoms with van der Waals surface area (Å²) in [5.74, 6) is 1.05. The van der Waals surface area contributed by atoms with Crippen LogP contribution in [0.3, 0.4) is 0 Å². The second-order valence-corrected chi connectivity index (χ2v) is 6.66. The van der Waals surface area contributed by atoms with Crippen LogP contribution < -0.4 is 5.32 Å². The average molecular weight is 410 g/mol. The molecule has 94 valence electrons. The molecule has 0 fully saturated rings. The first-order valence-corrected chi connectivity index (χ1v) is 7.52. The largest absolute Gasteiger partial charge is 0.352 e. The van der Waals surface area contributed by atoms with Gasteiger partial charge in [-0.25, -0.2) is 0 Å². The van der Waals surface area contributed by atoms with E-state index < -0.39 is 0 Å². The summed E-state index contributed by atoms with van der Waals surface area (Å²) in [5, 5.41) is 2.98. The highest BCUT2D eigenvalue weighted by Crippen LogP contribution is 2.19. The normalized spacial score (nSPS) is 12.6. The standard InChI is InChI=1S/C13H17BrINO/c1-8(2)9(3)7-16-13(17)11-6-10(15)4-5-12(11)14/h4-6,8-9H,7H2,1-3H3,(H,16,17). The number of halogens is 2. The van der Waals surface area contributed by atoms with Crippen LogP contribution >= 0.6 is 38.5 Å². The Morgan fingerprint density at radius 2 is 2.06 bits per heavy atom. The molecule has 17 heavy (non-hydrogen) atoms. The van der Waals surface area contributed by atoms with E-state index in [4.69, 9.17) is 0 Å². The van der Waals surface area contributed by atoms with E-state index in [9.17, 15) is 4.79 Å². The summed E-state index contributed by atoms with van der Waals surface area (Å²) >= 11 is 5.61. The molecule has 1 atom stereocenters. The van der Waals surface area contributed by atoms with Gasteiger partial charge in [-0.3, -0.25) is 4.79 Å². The molecular weight excluding hydrogens is 393 g/mol. The topological polar surface area (TPSA) is 29.1 Å². The summed E-state index contributed by atoms with van der Waals surface area (Å²) < 4.78 is 1.90. The zero-order valence-electron chi connectivity index (χ0n) is 10.3. The first kappa shape index (κ1) is 15.0. The van der Waals surface area contributed by atoms with Crippen molar-refractivity contribution in [1.29, 1.82) is 0 Å². The first-order chi connectivity index (χ1) is 7.91. The van der Waals surface area contributed by atoms with Gasteiger partial charge in [0.1, 0.15) is 0 Å². The molecule has 0 aliphatic heterocycles. The summed E-state index contributed by atoms with van der Waals surface area (Å²) in [7, 11) is 0. The molecule has 4 heteroatoms. The van der Waals surface area contributed by atoms with E-state index in [1.807, 2.05) is 18.2 Å². The van der Waals surface area contributed by atoms with Crippen molar-refractivity contribution >= 4 is 44.4 Å². The van der Waals surface area contributed by atoms with Crippen molar-refractivity contribution in [1.82, 2.24) is 5.32 Å². The smallest absolute Gasteiger partial charge is 0.252 e. The van der Waals surface area contributed by atoms with Crippen molar-refractivity contribution < 1.29 is 4.79 Å². The molecule has 0 radical (unpaired) electrons. The zero-order valence-corrected chi connectivity index (χ0v) is 14.0. The van der Waals surface area contributed by atoms with Gasteiger partial charge in [0.25, 0.3) is 5.91 Å². The lowest BCUT2D eigenvalue weighted by Gasteiger charge is -2.16. The van der Waals surface area contributed by atoms with E-state index >= 15 is 0 Å². The molecule has 0 saturated heterocycles. The highest BCUT2D eigenvalue weighted by molar-refractivity contribution is 14.1. The fraction of sp³-hybridized carbons (Fsp3) is 0.462.